The Morgan fingerprint density at radius 2 is 1.81 bits per heavy atom. The first-order chi connectivity index (χ1) is 20.3. The van der Waals surface area contributed by atoms with Crippen molar-refractivity contribution in [1.82, 2.24) is 25.1 Å². The van der Waals surface area contributed by atoms with Crippen LogP contribution in [0.2, 0.25) is 0 Å². The summed E-state index contributed by atoms with van der Waals surface area (Å²) in [6.07, 6.45) is 0.510. The molecule has 1 unspecified atom stereocenters. The standard InChI is InChI=1S/C32H36N6O4/c1-21(23-7-4-3-5-8-23)34-32(42)38-28-19-36(18-25-10-6-9-24-15-16-33-30(24)25)31(41)27(37(28)29(40)20-35(38)2)17-22-11-13-26(39)14-12-22/h3-14,21,27-28,33,39H,15-20H2,1-2H3,(H,34,42)/t21-,27-,28?/m0/s1. The molecule has 4 amide bonds. The average Bonchev–Trinajstić information content (AvgIpc) is 3.47. The van der Waals surface area contributed by atoms with Gasteiger partial charge in [-0.15, -0.1) is 0 Å². The molecule has 3 aliphatic rings. The van der Waals surface area contributed by atoms with Crippen LogP contribution in [0.5, 0.6) is 5.75 Å². The molecular formula is C32H36N6O4. The van der Waals surface area contributed by atoms with Gasteiger partial charge >= 0.3 is 6.03 Å². The molecule has 3 heterocycles. The van der Waals surface area contributed by atoms with Crippen LogP contribution < -0.4 is 10.6 Å². The number of hydrazine groups is 1. The van der Waals surface area contributed by atoms with E-state index in [0.717, 1.165) is 35.3 Å². The molecule has 0 aromatic heterocycles. The van der Waals surface area contributed by atoms with Gasteiger partial charge < -0.3 is 25.5 Å². The molecule has 6 rings (SSSR count). The smallest absolute Gasteiger partial charge is 0.334 e. The normalized spacial score (nSPS) is 21.0. The van der Waals surface area contributed by atoms with Crippen LogP contribution >= 0.6 is 0 Å². The molecule has 218 valence electrons. The van der Waals surface area contributed by atoms with E-state index in [2.05, 4.69) is 16.7 Å². The van der Waals surface area contributed by atoms with Gasteiger partial charge in [-0.1, -0.05) is 60.7 Å². The van der Waals surface area contributed by atoms with Crippen molar-refractivity contribution in [2.45, 2.75) is 44.6 Å². The predicted octanol–water partition coefficient (Wildman–Crippen LogP) is 3.10. The third kappa shape index (κ3) is 5.25. The highest BCUT2D eigenvalue weighted by Gasteiger charge is 2.50. The van der Waals surface area contributed by atoms with Gasteiger partial charge in [-0.2, -0.15) is 0 Å². The predicted molar refractivity (Wildman–Crippen MR) is 158 cm³/mol. The van der Waals surface area contributed by atoms with Gasteiger partial charge in [-0.3, -0.25) is 9.59 Å². The van der Waals surface area contributed by atoms with Crippen molar-refractivity contribution in [3.8, 4) is 5.75 Å². The third-order valence-corrected chi connectivity index (χ3v) is 8.45. The number of phenolic OH excluding ortho intramolecular Hbond substituents is 1. The molecular weight excluding hydrogens is 532 g/mol. The van der Waals surface area contributed by atoms with Crippen molar-refractivity contribution >= 4 is 23.5 Å². The van der Waals surface area contributed by atoms with Crippen molar-refractivity contribution in [2.24, 2.45) is 0 Å². The van der Waals surface area contributed by atoms with Crippen molar-refractivity contribution in [3.63, 3.8) is 0 Å². The van der Waals surface area contributed by atoms with Crippen molar-refractivity contribution < 1.29 is 19.5 Å². The second-order valence-electron chi connectivity index (χ2n) is 11.3. The van der Waals surface area contributed by atoms with Gasteiger partial charge in [0.25, 0.3) is 0 Å². The van der Waals surface area contributed by atoms with Crippen LogP contribution in [0.3, 0.4) is 0 Å². The number of carbonyl (C=O) groups excluding carboxylic acids is 3. The fourth-order valence-corrected chi connectivity index (χ4v) is 6.33. The minimum absolute atomic E-state index is 0.0287. The fourth-order valence-electron chi connectivity index (χ4n) is 6.33. The summed E-state index contributed by atoms with van der Waals surface area (Å²) in [6, 6.07) is 21.1. The summed E-state index contributed by atoms with van der Waals surface area (Å²) >= 11 is 0. The summed E-state index contributed by atoms with van der Waals surface area (Å²) in [6.45, 7) is 3.29. The van der Waals surface area contributed by atoms with Crippen molar-refractivity contribution in [3.05, 3.63) is 95.1 Å². The number of urea groups is 1. The first-order valence-electron chi connectivity index (χ1n) is 14.4. The second kappa shape index (κ2) is 11.4. The number of para-hydroxylation sites is 1. The van der Waals surface area contributed by atoms with Crippen LogP contribution in [0.15, 0.2) is 72.8 Å². The third-order valence-electron chi connectivity index (χ3n) is 8.45. The van der Waals surface area contributed by atoms with Gasteiger partial charge in [0.05, 0.1) is 19.1 Å². The number of piperazine rings is 1. The van der Waals surface area contributed by atoms with Crippen LogP contribution in [0.25, 0.3) is 0 Å². The first-order valence-corrected chi connectivity index (χ1v) is 14.4. The second-order valence-corrected chi connectivity index (χ2v) is 11.3. The molecule has 2 saturated heterocycles. The number of hydrogen-bond donors (Lipinski definition) is 3. The summed E-state index contributed by atoms with van der Waals surface area (Å²) < 4.78 is 0. The molecule has 3 aromatic carbocycles. The SMILES string of the molecule is C[C@H](NC(=O)N1C2CN(Cc3cccc4c3NCC4)C(=O)[C@H](Cc3ccc(O)cc3)N2C(=O)CN1C)c1ccccc1. The highest BCUT2D eigenvalue weighted by molar-refractivity contribution is 5.92. The summed E-state index contributed by atoms with van der Waals surface area (Å²) in [5, 5.41) is 19.6. The van der Waals surface area contributed by atoms with Crippen LogP contribution in [0, 0.1) is 0 Å². The number of nitrogens with one attached hydrogen (secondary N) is 2. The fraction of sp³-hybridized carbons (Fsp3) is 0.344. The molecule has 0 bridgehead atoms. The molecule has 10 heteroatoms. The van der Waals surface area contributed by atoms with Gasteiger partial charge in [0.2, 0.25) is 11.8 Å². The maximum absolute atomic E-state index is 14.2. The lowest BCUT2D eigenvalue weighted by atomic mass is 9.98. The molecule has 0 radical (unpaired) electrons. The molecule has 10 nitrogen and oxygen atoms in total. The van der Waals surface area contributed by atoms with Crippen molar-refractivity contribution in [2.75, 3.05) is 32.0 Å². The number of amides is 4. The van der Waals surface area contributed by atoms with Gasteiger partial charge in [0, 0.05) is 32.2 Å². The highest BCUT2D eigenvalue weighted by atomic mass is 16.3. The topological polar surface area (TPSA) is 108 Å². The number of phenols is 1. The van der Waals surface area contributed by atoms with Crippen molar-refractivity contribution in [1.29, 1.82) is 0 Å². The van der Waals surface area contributed by atoms with E-state index in [0.29, 0.717) is 6.54 Å². The van der Waals surface area contributed by atoms with Gasteiger partial charge in [-0.05, 0) is 47.7 Å². The van der Waals surface area contributed by atoms with E-state index < -0.39 is 12.2 Å². The maximum Gasteiger partial charge on any atom is 0.334 e. The number of hydrogen-bond acceptors (Lipinski definition) is 6. The molecule has 3 N–H and O–H groups in total. The molecule has 3 atom stereocenters. The Labute approximate surface area is 245 Å². The van der Waals surface area contributed by atoms with Crippen LogP contribution in [0.1, 0.15) is 35.2 Å². The summed E-state index contributed by atoms with van der Waals surface area (Å²) in [7, 11) is 1.73. The Hall–Kier alpha value is -4.57. The van der Waals surface area contributed by atoms with E-state index in [-0.39, 0.29) is 49.1 Å². The van der Waals surface area contributed by atoms with Crippen LogP contribution in [-0.4, -0.2) is 81.7 Å². The van der Waals surface area contributed by atoms with E-state index in [1.165, 1.54) is 5.56 Å². The first kappa shape index (κ1) is 27.6. The van der Waals surface area contributed by atoms with Gasteiger partial charge in [0.1, 0.15) is 18.0 Å². The number of fused-ring (bicyclic) bond motifs is 2. The van der Waals surface area contributed by atoms with Gasteiger partial charge in [-0.25, -0.2) is 14.8 Å². The Morgan fingerprint density at radius 1 is 1.05 bits per heavy atom. The lowest BCUT2D eigenvalue weighted by Gasteiger charge is -2.54. The van der Waals surface area contributed by atoms with Gasteiger partial charge in [0.15, 0.2) is 0 Å². The summed E-state index contributed by atoms with van der Waals surface area (Å²) in [5.41, 5.74) is 5.08. The number of rotatable bonds is 6. The zero-order valence-corrected chi connectivity index (χ0v) is 23.9. The number of nitrogens with zero attached hydrogens (tertiary/aromatic N) is 4. The van der Waals surface area contributed by atoms with E-state index in [1.807, 2.05) is 49.4 Å². The molecule has 0 saturated carbocycles. The lowest BCUT2D eigenvalue weighted by Crippen LogP contribution is -2.76. The highest BCUT2D eigenvalue weighted by Crippen LogP contribution is 2.32. The summed E-state index contributed by atoms with van der Waals surface area (Å²) in [5.74, 6) is -0.239. The molecule has 0 spiro atoms. The van der Waals surface area contributed by atoms with E-state index >= 15 is 0 Å². The maximum atomic E-state index is 14.2. The molecule has 2 fully saturated rings. The molecule has 0 aliphatic carbocycles. The average molecular weight is 569 g/mol. The Kier molecular flexibility index (Phi) is 7.47. The minimum atomic E-state index is -0.805. The number of anilines is 1. The number of aromatic hydroxyl groups is 1. The van der Waals surface area contributed by atoms with E-state index in [9.17, 15) is 19.5 Å². The largest absolute Gasteiger partial charge is 0.508 e. The van der Waals surface area contributed by atoms with E-state index in [4.69, 9.17) is 0 Å². The quantitative estimate of drug-likeness (QED) is 0.422. The molecule has 42 heavy (non-hydrogen) atoms. The van der Waals surface area contributed by atoms with Crippen LogP contribution in [-0.2, 0) is 29.0 Å². The zero-order chi connectivity index (χ0) is 29.4. The number of likely N-dealkylation sites (N-methyl/N-ethyl adjacent to an activating group) is 1. The zero-order valence-electron chi connectivity index (χ0n) is 23.9. The number of benzene rings is 3. The molecule has 3 aromatic rings. The Morgan fingerprint density at radius 3 is 2.57 bits per heavy atom. The Balaban J connectivity index is 1.33. The lowest BCUT2D eigenvalue weighted by molar-refractivity contribution is -0.187. The van der Waals surface area contributed by atoms with Crippen LogP contribution in [0.4, 0.5) is 10.5 Å². The Bertz CT molecular complexity index is 1480. The summed E-state index contributed by atoms with van der Waals surface area (Å²) in [4.78, 5) is 44.9. The number of carbonyl (C=O) groups is 3. The molecule has 3 aliphatic heterocycles. The monoisotopic (exact) mass is 568 g/mol. The minimum Gasteiger partial charge on any atom is -0.508 e. The van der Waals surface area contributed by atoms with E-state index in [1.54, 1.807) is 51.1 Å².